The van der Waals surface area contributed by atoms with Gasteiger partial charge in [-0.05, 0) is 13.8 Å². The molecule has 1 aromatic rings. The van der Waals surface area contributed by atoms with E-state index in [0.29, 0.717) is 19.5 Å². The molecule has 0 saturated carbocycles. The Morgan fingerprint density at radius 2 is 2.40 bits per heavy atom. The minimum atomic E-state index is 0.0673. The van der Waals surface area contributed by atoms with Crippen LogP contribution in [-0.2, 0) is 11.3 Å². The molecule has 0 aliphatic carbocycles. The lowest BCUT2D eigenvalue weighted by atomic mass is 10.3. The van der Waals surface area contributed by atoms with Gasteiger partial charge in [0.25, 0.3) is 0 Å². The van der Waals surface area contributed by atoms with Crippen molar-refractivity contribution in [1.82, 2.24) is 15.8 Å². The molecule has 15 heavy (non-hydrogen) atoms. The van der Waals surface area contributed by atoms with E-state index in [0.717, 1.165) is 5.69 Å². The van der Waals surface area contributed by atoms with Gasteiger partial charge in [0.15, 0.2) is 0 Å². The standard InChI is InChI=1S/C10H17N3O2/c1-8(2)12-10(14)3-5-11-7-9-4-6-15-13-9/h4,6,8,11H,3,5,7H2,1-2H3,(H,12,14). The second-order valence-corrected chi connectivity index (χ2v) is 3.64. The first-order valence-corrected chi connectivity index (χ1v) is 5.08. The Morgan fingerprint density at radius 3 is 3.00 bits per heavy atom. The van der Waals surface area contributed by atoms with Gasteiger partial charge in [0.05, 0.1) is 5.69 Å². The van der Waals surface area contributed by atoms with E-state index in [4.69, 9.17) is 0 Å². The lowest BCUT2D eigenvalue weighted by molar-refractivity contribution is -0.121. The summed E-state index contributed by atoms with van der Waals surface area (Å²) in [6, 6.07) is 1.99. The molecule has 0 aromatic carbocycles. The molecular weight excluding hydrogens is 194 g/mol. The number of carbonyl (C=O) groups is 1. The summed E-state index contributed by atoms with van der Waals surface area (Å²) in [5.41, 5.74) is 0.847. The Balaban J connectivity index is 2.04. The molecule has 2 N–H and O–H groups in total. The van der Waals surface area contributed by atoms with E-state index in [1.165, 1.54) is 6.26 Å². The van der Waals surface area contributed by atoms with Gasteiger partial charge in [-0.15, -0.1) is 0 Å². The third-order valence-electron chi connectivity index (χ3n) is 1.78. The molecule has 1 aromatic heterocycles. The lowest BCUT2D eigenvalue weighted by Gasteiger charge is -2.08. The van der Waals surface area contributed by atoms with Gasteiger partial charge in [0.1, 0.15) is 6.26 Å². The van der Waals surface area contributed by atoms with E-state index in [-0.39, 0.29) is 11.9 Å². The highest BCUT2D eigenvalue weighted by Crippen LogP contribution is 1.92. The number of rotatable bonds is 6. The molecule has 1 amide bonds. The third-order valence-corrected chi connectivity index (χ3v) is 1.78. The van der Waals surface area contributed by atoms with Crippen LogP contribution in [-0.4, -0.2) is 23.7 Å². The van der Waals surface area contributed by atoms with Gasteiger partial charge in [0.2, 0.25) is 5.91 Å². The van der Waals surface area contributed by atoms with E-state index < -0.39 is 0 Å². The topological polar surface area (TPSA) is 67.2 Å². The number of hydrogen-bond donors (Lipinski definition) is 2. The minimum absolute atomic E-state index is 0.0673. The maximum Gasteiger partial charge on any atom is 0.221 e. The average Bonchev–Trinajstić information content (AvgIpc) is 2.63. The molecule has 0 atom stereocenters. The Labute approximate surface area is 89.2 Å². The van der Waals surface area contributed by atoms with Crippen LogP contribution >= 0.6 is 0 Å². The zero-order chi connectivity index (χ0) is 11.1. The van der Waals surface area contributed by atoms with E-state index in [9.17, 15) is 4.79 Å². The fraction of sp³-hybridized carbons (Fsp3) is 0.600. The van der Waals surface area contributed by atoms with Crippen LogP contribution in [0.2, 0.25) is 0 Å². The summed E-state index contributed by atoms with van der Waals surface area (Å²) in [4.78, 5) is 11.2. The summed E-state index contributed by atoms with van der Waals surface area (Å²) in [5.74, 6) is 0.0673. The summed E-state index contributed by atoms with van der Waals surface area (Å²) in [6.45, 7) is 5.16. The first kappa shape index (κ1) is 11.7. The normalized spacial score (nSPS) is 10.6. The van der Waals surface area contributed by atoms with Gasteiger partial charge < -0.3 is 15.2 Å². The van der Waals surface area contributed by atoms with Crippen LogP contribution in [0.5, 0.6) is 0 Å². The predicted molar refractivity (Wildman–Crippen MR) is 56.1 cm³/mol. The van der Waals surface area contributed by atoms with E-state index in [1.807, 2.05) is 13.8 Å². The Kier molecular flexibility index (Phi) is 4.83. The first-order chi connectivity index (χ1) is 7.18. The van der Waals surface area contributed by atoms with Crippen molar-refractivity contribution in [3.63, 3.8) is 0 Å². The van der Waals surface area contributed by atoms with Crippen LogP contribution in [0.15, 0.2) is 16.9 Å². The molecule has 0 saturated heterocycles. The number of amides is 1. The summed E-state index contributed by atoms with van der Waals surface area (Å²) < 4.78 is 4.68. The second kappa shape index (κ2) is 6.19. The summed E-state index contributed by atoms with van der Waals surface area (Å²) in [7, 11) is 0. The number of nitrogens with one attached hydrogen (secondary N) is 2. The van der Waals surface area contributed by atoms with Crippen LogP contribution in [0.1, 0.15) is 26.0 Å². The van der Waals surface area contributed by atoms with E-state index >= 15 is 0 Å². The largest absolute Gasteiger partial charge is 0.364 e. The highest BCUT2D eigenvalue weighted by Gasteiger charge is 2.02. The monoisotopic (exact) mass is 211 g/mol. The van der Waals surface area contributed by atoms with Crippen molar-refractivity contribution >= 4 is 5.91 Å². The smallest absolute Gasteiger partial charge is 0.221 e. The molecule has 5 nitrogen and oxygen atoms in total. The number of hydrogen-bond acceptors (Lipinski definition) is 4. The maximum atomic E-state index is 11.2. The minimum Gasteiger partial charge on any atom is -0.364 e. The average molecular weight is 211 g/mol. The van der Waals surface area contributed by atoms with Crippen molar-refractivity contribution in [2.45, 2.75) is 32.9 Å². The predicted octanol–water partition coefficient (Wildman–Crippen LogP) is 0.679. The van der Waals surface area contributed by atoms with Crippen molar-refractivity contribution < 1.29 is 9.32 Å². The summed E-state index contributed by atoms with van der Waals surface area (Å²) in [5, 5.41) is 9.68. The van der Waals surface area contributed by atoms with Crippen LogP contribution in [0.25, 0.3) is 0 Å². The van der Waals surface area contributed by atoms with Gasteiger partial charge in [-0.25, -0.2) is 0 Å². The van der Waals surface area contributed by atoms with Crippen molar-refractivity contribution in [2.24, 2.45) is 0 Å². The summed E-state index contributed by atoms with van der Waals surface area (Å²) in [6.07, 6.45) is 2.01. The summed E-state index contributed by atoms with van der Waals surface area (Å²) >= 11 is 0. The van der Waals surface area contributed by atoms with Crippen molar-refractivity contribution in [3.05, 3.63) is 18.0 Å². The zero-order valence-corrected chi connectivity index (χ0v) is 9.12. The molecule has 0 fully saturated rings. The van der Waals surface area contributed by atoms with Crippen molar-refractivity contribution in [1.29, 1.82) is 0 Å². The molecule has 1 heterocycles. The quantitative estimate of drug-likeness (QED) is 0.679. The molecule has 0 spiro atoms. The van der Waals surface area contributed by atoms with Gasteiger partial charge in [0, 0.05) is 31.6 Å². The first-order valence-electron chi connectivity index (χ1n) is 5.08. The number of carbonyl (C=O) groups excluding carboxylic acids is 1. The second-order valence-electron chi connectivity index (χ2n) is 3.64. The van der Waals surface area contributed by atoms with Gasteiger partial charge in [-0.1, -0.05) is 5.16 Å². The lowest BCUT2D eigenvalue weighted by Crippen LogP contribution is -2.32. The number of aromatic nitrogens is 1. The fourth-order valence-electron chi connectivity index (χ4n) is 1.14. The SMILES string of the molecule is CC(C)NC(=O)CCNCc1ccon1. The van der Waals surface area contributed by atoms with Gasteiger partial charge >= 0.3 is 0 Å². The highest BCUT2D eigenvalue weighted by molar-refractivity contribution is 5.76. The molecule has 5 heteroatoms. The van der Waals surface area contributed by atoms with Crippen LogP contribution < -0.4 is 10.6 Å². The molecular formula is C10H17N3O2. The molecule has 0 aliphatic rings. The molecule has 0 aliphatic heterocycles. The molecule has 1 rings (SSSR count). The number of nitrogens with zero attached hydrogens (tertiary/aromatic N) is 1. The van der Waals surface area contributed by atoms with Crippen LogP contribution in [0.4, 0.5) is 0 Å². The van der Waals surface area contributed by atoms with Crippen LogP contribution in [0, 0.1) is 0 Å². The molecule has 0 bridgehead atoms. The fourth-order valence-corrected chi connectivity index (χ4v) is 1.14. The Bertz CT molecular complexity index is 283. The van der Waals surface area contributed by atoms with Gasteiger partial charge in [-0.3, -0.25) is 4.79 Å². The van der Waals surface area contributed by atoms with E-state index in [2.05, 4.69) is 20.3 Å². The molecule has 84 valence electrons. The molecule has 0 unspecified atom stereocenters. The Hall–Kier alpha value is -1.36. The maximum absolute atomic E-state index is 11.2. The van der Waals surface area contributed by atoms with Crippen LogP contribution in [0.3, 0.4) is 0 Å². The zero-order valence-electron chi connectivity index (χ0n) is 9.12. The van der Waals surface area contributed by atoms with Crippen molar-refractivity contribution in [3.8, 4) is 0 Å². The van der Waals surface area contributed by atoms with Crippen molar-refractivity contribution in [2.75, 3.05) is 6.54 Å². The molecule has 0 radical (unpaired) electrons. The third kappa shape index (κ3) is 5.17. The highest BCUT2D eigenvalue weighted by atomic mass is 16.5. The van der Waals surface area contributed by atoms with Gasteiger partial charge in [-0.2, -0.15) is 0 Å². The van der Waals surface area contributed by atoms with E-state index in [1.54, 1.807) is 6.07 Å². The Morgan fingerprint density at radius 1 is 1.60 bits per heavy atom.